The van der Waals surface area contributed by atoms with E-state index in [2.05, 4.69) is 13.2 Å². The molecule has 0 aliphatic carbocycles. The van der Waals surface area contributed by atoms with Crippen LogP contribution in [0.15, 0.2) is 48.6 Å². The Bertz CT molecular complexity index is 922. The van der Waals surface area contributed by atoms with E-state index in [1.807, 2.05) is 0 Å². The second-order valence-corrected chi connectivity index (χ2v) is 9.25. The van der Waals surface area contributed by atoms with Gasteiger partial charge in [0.2, 0.25) is 0 Å². The third-order valence-corrected chi connectivity index (χ3v) is 5.88. The number of ether oxygens (including phenoxy) is 4. The molecule has 0 fully saturated rings. The van der Waals surface area contributed by atoms with E-state index in [9.17, 15) is 33.4 Å². The molecule has 34 heavy (non-hydrogen) atoms. The van der Waals surface area contributed by atoms with Crippen molar-refractivity contribution in [3.63, 3.8) is 0 Å². The number of carbonyl (C=O) groups is 2. The summed E-state index contributed by atoms with van der Waals surface area (Å²) in [5.74, 6) is -4.51. The molecule has 190 valence electrons. The lowest BCUT2D eigenvalue weighted by atomic mass is 10.1. The largest absolute Gasteiger partial charge is 0.543 e. The maximum atomic E-state index is 11.9. The van der Waals surface area contributed by atoms with Gasteiger partial charge in [-0.25, -0.2) is 9.59 Å². The van der Waals surface area contributed by atoms with Crippen LogP contribution in [-0.4, -0.2) is 58.5 Å². The minimum Gasteiger partial charge on any atom is -0.463 e. The summed E-state index contributed by atoms with van der Waals surface area (Å²) < 4.78 is 43.8. The zero-order valence-corrected chi connectivity index (χ0v) is 20.5. The Morgan fingerprint density at radius 2 is 1.35 bits per heavy atom. The average molecular weight is 523 g/mol. The summed E-state index contributed by atoms with van der Waals surface area (Å²) in [4.78, 5) is 52.2. The van der Waals surface area contributed by atoms with Crippen molar-refractivity contribution in [3.05, 3.63) is 59.7 Å². The molecule has 0 bridgehead atoms. The van der Waals surface area contributed by atoms with Crippen molar-refractivity contribution in [2.45, 2.75) is 25.5 Å². The average Bonchev–Trinajstić information content (AvgIpc) is 2.73. The fourth-order valence-corrected chi connectivity index (χ4v) is 3.90. The van der Waals surface area contributed by atoms with Crippen LogP contribution in [0.5, 0.6) is 0 Å². The summed E-state index contributed by atoms with van der Waals surface area (Å²) in [6.45, 7) is 9.56. The van der Waals surface area contributed by atoms with Crippen LogP contribution >= 0.6 is 15.6 Å². The minimum atomic E-state index is -4.82. The van der Waals surface area contributed by atoms with E-state index in [4.69, 9.17) is 18.9 Å². The van der Waals surface area contributed by atoms with Gasteiger partial charge in [-0.3, -0.25) is 4.57 Å². The molecule has 1 aromatic carbocycles. The third-order valence-electron chi connectivity index (χ3n) is 3.97. The predicted molar refractivity (Wildman–Crippen MR) is 121 cm³/mol. The Morgan fingerprint density at radius 1 is 0.941 bits per heavy atom. The van der Waals surface area contributed by atoms with Gasteiger partial charge < -0.3 is 34.2 Å². The molecule has 0 aliphatic rings. The van der Waals surface area contributed by atoms with Crippen molar-refractivity contribution in [1.29, 1.82) is 0 Å². The quantitative estimate of drug-likeness (QED) is 0.183. The van der Waals surface area contributed by atoms with Gasteiger partial charge >= 0.3 is 33.4 Å². The van der Waals surface area contributed by atoms with E-state index in [1.54, 1.807) is 13.8 Å². The molecular formula is C20H29O12P2+. The molecule has 5 N–H and O–H groups in total. The zero-order chi connectivity index (χ0) is 25.2. The van der Waals surface area contributed by atoms with E-state index in [0.717, 1.165) is 0 Å². The van der Waals surface area contributed by atoms with Crippen LogP contribution in [0.25, 0.3) is 0 Å². The lowest BCUT2D eigenvalue weighted by Crippen LogP contribution is -2.15. The Kier molecular flexibility index (Phi) is 13.9. The fraction of sp³-hybridized carbons (Fsp3) is 0.400. The highest BCUT2D eigenvalue weighted by Crippen LogP contribution is 2.53. The highest BCUT2D eigenvalue weighted by atomic mass is 31.2. The van der Waals surface area contributed by atoms with Crippen LogP contribution in [0.4, 0.5) is 0 Å². The van der Waals surface area contributed by atoms with Gasteiger partial charge in [0, 0.05) is 5.56 Å². The maximum absolute atomic E-state index is 11.9. The van der Waals surface area contributed by atoms with E-state index in [-0.39, 0.29) is 47.6 Å². The SMILES string of the molecule is C=C(COC(c1ccc(C(OCC(=C)C(=O)OCC)P(=O)(O)O)cc1)[P+](=O)O)C(=O)OCC.O. The van der Waals surface area contributed by atoms with E-state index >= 15 is 0 Å². The number of esters is 2. The zero-order valence-electron chi connectivity index (χ0n) is 18.7. The standard InChI is InChI=1S/C20H26O11P2.H2O/c1-5-28-17(21)13(3)11-30-19(32(23)24)15-7-9-16(10-8-15)20(33(25,26)27)31-12-14(4)18(22)29-6-2;/h7-10,19-20H,3-6,11-12H2,1-2H3,(H2-,23,24,25,26,27);1H2/p+1. The Morgan fingerprint density at radius 3 is 1.74 bits per heavy atom. The summed E-state index contributed by atoms with van der Waals surface area (Å²) in [7, 11) is -7.70. The molecule has 0 amide bonds. The monoisotopic (exact) mass is 523 g/mol. The van der Waals surface area contributed by atoms with Crippen LogP contribution < -0.4 is 0 Å². The van der Waals surface area contributed by atoms with Gasteiger partial charge in [0.15, 0.2) is 5.85 Å². The topological polar surface area (TPSA) is 197 Å². The molecule has 3 atom stereocenters. The molecule has 0 spiro atoms. The van der Waals surface area contributed by atoms with Crippen molar-refractivity contribution < 1.29 is 57.8 Å². The van der Waals surface area contributed by atoms with Crippen LogP contribution in [0.3, 0.4) is 0 Å². The summed E-state index contributed by atoms with van der Waals surface area (Å²) in [6.07, 6.45) is 0. The smallest absolute Gasteiger partial charge is 0.463 e. The van der Waals surface area contributed by atoms with Crippen LogP contribution in [0.1, 0.15) is 36.7 Å². The predicted octanol–water partition coefficient (Wildman–Crippen LogP) is 2.04. The van der Waals surface area contributed by atoms with Crippen LogP contribution in [0.2, 0.25) is 0 Å². The summed E-state index contributed by atoms with van der Waals surface area (Å²) in [5, 5.41) is 0. The van der Waals surface area contributed by atoms with E-state index in [0.29, 0.717) is 0 Å². The Hall–Kier alpha value is -2.27. The van der Waals surface area contributed by atoms with E-state index < -0.39 is 45.9 Å². The number of benzene rings is 1. The molecule has 0 aliphatic heterocycles. The summed E-state index contributed by atoms with van der Waals surface area (Å²) >= 11 is 0. The Labute approximate surface area is 197 Å². The molecule has 12 nitrogen and oxygen atoms in total. The number of hydrogen-bond donors (Lipinski definition) is 3. The normalized spacial score (nSPS) is 13.1. The number of rotatable bonds is 14. The molecule has 3 unspecified atom stereocenters. The number of hydrogen-bond acceptors (Lipinski definition) is 8. The minimum absolute atomic E-state index is 0. The maximum Gasteiger partial charge on any atom is 0.543 e. The first kappa shape index (κ1) is 31.7. The molecular weight excluding hydrogens is 494 g/mol. The highest BCUT2D eigenvalue weighted by molar-refractivity contribution is 7.52. The molecule has 0 saturated carbocycles. The van der Waals surface area contributed by atoms with Gasteiger partial charge in [-0.05, 0) is 24.0 Å². The van der Waals surface area contributed by atoms with Gasteiger partial charge in [0.05, 0.1) is 37.6 Å². The summed E-state index contributed by atoms with van der Waals surface area (Å²) in [5.41, 5.74) is 0.0811. The van der Waals surface area contributed by atoms with Crippen molar-refractivity contribution in [1.82, 2.24) is 0 Å². The Balaban J connectivity index is 0.0000109. The van der Waals surface area contributed by atoms with Gasteiger partial charge in [-0.2, -0.15) is 4.89 Å². The first-order chi connectivity index (χ1) is 15.4. The van der Waals surface area contributed by atoms with Gasteiger partial charge in [0.1, 0.15) is 0 Å². The van der Waals surface area contributed by atoms with Gasteiger partial charge in [0.25, 0.3) is 0 Å². The molecule has 0 radical (unpaired) electrons. The highest BCUT2D eigenvalue weighted by Gasteiger charge is 2.35. The molecule has 0 aromatic heterocycles. The van der Waals surface area contributed by atoms with Crippen molar-refractivity contribution in [2.24, 2.45) is 0 Å². The van der Waals surface area contributed by atoms with E-state index in [1.165, 1.54) is 24.3 Å². The third kappa shape index (κ3) is 9.92. The first-order valence-corrected chi connectivity index (χ1v) is 12.6. The second kappa shape index (κ2) is 14.9. The molecule has 1 aromatic rings. The van der Waals surface area contributed by atoms with Crippen molar-refractivity contribution in [2.75, 3.05) is 26.4 Å². The van der Waals surface area contributed by atoms with Gasteiger partial charge in [-0.15, -0.1) is 0 Å². The van der Waals surface area contributed by atoms with Crippen molar-refractivity contribution in [3.8, 4) is 0 Å². The lowest BCUT2D eigenvalue weighted by molar-refractivity contribution is -0.140. The lowest BCUT2D eigenvalue weighted by Gasteiger charge is -2.20. The molecule has 14 heteroatoms. The fourth-order valence-electron chi connectivity index (χ4n) is 2.44. The summed E-state index contributed by atoms with van der Waals surface area (Å²) in [6, 6.07) is 5.20. The second-order valence-electron chi connectivity index (χ2n) is 6.53. The van der Waals surface area contributed by atoms with Crippen LogP contribution in [-0.2, 0) is 37.7 Å². The molecule has 1 rings (SSSR count). The number of carbonyl (C=O) groups excluding carboxylic acids is 2. The molecule has 0 saturated heterocycles. The van der Waals surface area contributed by atoms with Crippen LogP contribution in [0, 0.1) is 0 Å². The van der Waals surface area contributed by atoms with Crippen molar-refractivity contribution >= 4 is 27.6 Å². The first-order valence-electron chi connectivity index (χ1n) is 9.65. The molecule has 0 heterocycles. The van der Waals surface area contributed by atoms with Gasteiger partial charge in [-0.1, -0.05) is 37.4 Å².